The first-order chi connectivity index (χ1) is 24.0. The average molecular weight is 730 g/mol. The summed E-state index contributed by atoms with van der Waals surface area (Å²) in [5, 5.41) is 9.96. The van der Waals surface area contributed by atoms with E-state index >= 15 is 8.78 Å². The summed E-state index contributed by atoms with van der Waals surface area (Å²) in [7, 11) is 1.68. The Morgan fingerprint density at radius 2 is 2.02 bits per heavy atom. The molecule has 14 heteroatoms. The molecule has 0 aliphatic carbocycles. The van der Waals surface area contributed by atoms with Crippen molar-refractivity contribution in [3.63, 3.8) is 0 Å². The Morgan fingerprint density at radius 3 is 2.78 bits per heavy atom. The number of fused-ring (bicyclic) bond motifs is 4. The molecule has 3 fully saturated rings. The molecule has 6 heterocycles. The van der Waals surface area contributed by atoms with Crippen LogP contribution in [0.15, 0.2) is 12.1 Å². The molecule has 264 valence electrons. The van der Waals surface area contributed by atoms with Gasteiger partial charge in [-0.15, -0.1) is 11.3 Å². The first kappa shape index (κ1) is 33.7. The fourth-order valence-corrected chi connectivity index (χ4v) is 10.2. The molecule has 50 heavy (non-hydrogen) atoms. The maximum absolute atomic E-state index is 17.3. The number of aromatic nitrogens is 2. The van der Waals surface area contributed by atoms with E-state index in [1.165, 1.54) is 6.07 Å². The number of nitrogens with zero attached hydrogens (tertiary/aromatic N) is 5. The van der Waals surface area contributed by atoms with Gasteiger partial charge >= 0.3 is 6.01 Å². The second-order valence-corrected chi connectivity index (χ2v) is 15.6. The van der Waals surface area contributed by atoms with E-state index in [9.17, 15) is 14.0 Å². The van der Waals surface area contributed by atoms with Gasteiger partial charge in [0.15, 0.2) is 11.6 Å². The van der Waals surface area contributed by atoms with Crippen molar-refractivity contribution in [2.75, 3.05) is 44.9 Å². The zero-order valence-electron chi connectivity index (χ0n) is 27.9. The number of nitriles is 1. The second-order valence-electron chi connectivity index (χ2n) is 14.2. The minimum absolute atomic E-state index is 0.00597. The van der Waals surface area contributed by atoms with Crippen LogP contribution in [0.3, 0.4) is 0 Å². The van der Waals surface area contributed by atoms with Gasteiger partial charge < -0.3 is 19.1 Å². The highest BCUT2D eigenvalue weighted by molar-refractivity contribution is 7.19. The van der Waals surface area contributed by atoms with Crippen LogP contribution >= 0.6 is 22.9 Å². The molecule has 0 N–H and O–H groups in total. The highest BCUT2D eigenvalue weighted by atomic mass is 35.5. The van der Waals surface area contributed by atoms with Gasteiger partial charge in [-0.2, -0.15) is 15.2 Å². The average Bonchev–Trinajstić information content (AvgIpc) is 3.74. The first-order valence-corrected chi connectivity index (χ1v) is 18.2. The van der Waals surface area contributed by atoms with Gasteiger partial charge in [0.05, 0.1) is 43.2 Å². The Bertz CT molecular complexity index is 2060. The van der Waals surface area contributed by atoms with E-state index in [2.05, 4.69) is 21.7 Å². The lowest BCUT2D eigenvalue weighted by atomic mass is 9.89. The number of benzene rings is 2. The Labute approximate surface area is 295 Å². The fraction of sp³-hybridized carbons (Fsp3) is 0.528. The molecule has 4 aliphatic rings. The van der Waals surface area contributed by atoms with Crippen LogP contribution in [0.1, 0.15) is 62.8 Å². The van der Waals surface area contributed by atoms with Crippen molar-refractivity contribution in [3.8, 4) is 29.0 Å². The van der Waals surface area contributed by atoms with Crippen molar-refractivity contribution < 1.29 is 31.8 Å². The summed E-state index contributed by atoms with van der Waals surface area (Å²) in [5.74, 6) is -0.429. The summed E-state index contributed by atoms with van der Waals surface area (Å²) >= 11 is 7.52. The van der Waals surface area contributed by atoms with Gasteiger partial charge in [-0.25, -0.2) is 17.6 Å². The number of alkyl halides is 2. The van der Waals surface area contributed by atoms with Crippen LogP contribution in [0.5, 0.6) is 11.8 Å². The van der Waals surface area contributed by atoms with Crippen LogP contribution in [0.2, 0.25) is 5.02 Å². The number of hydrogen-bond donors (Lipinski definition) is 0. The molecule has 4 aromatic rings. The van der Waals surface area contributed by atoms with E-state index in [0.717, 1.165) is 51.3 Å². The topological polar surface area (TPSA) is 83.7 Å². The monoisotopic (exact) mass is 729 g/mol. The van der Waals surface area contributed by atoms with Gasteiger partial charge in [0.1, 0.15) is 36.4 Å². The van der Waals surface area contributed by atoms with E-state index in [-0.39, 0.29) is 79.1 Å². The molecular formula is C36H36ClF4N5O3S. The molecule has 5 atom stereocenters. The number of halogens is 5. The molecule has 4 aliphatic heterocycles. The number of anilines is 1. The highest BCUT2D eigenvalue weighted by Crippen LogP contribution is 2.52. The maximum atomic E-state index is 17.3. The Morgan fingerprint density at radius 1 is 1.20 bits per heavy atom. The SMILES string of the molecule is COC(C)C1CCC2COc3c(Cl)c(-c4ccc(F)c5sc(C(F)F)c(C#N)c45)c(F)c4nc(OCC56CCCN5C[C@H](C)C6)nc(c34)N2C1. The molecule has 0 bridgehead atoms. The minimum Gasteiger partial charge on any atom is -0.489 e. The van der Waals surface area contributed by atoms with Crippen molar-refractivity contribution in [1.29, 1.82) is 5.26 Å². The Hall–Kier alpha value is -3.44. The Kier molecular flexibility index (Phi) is 8.52. The molecule has 4 unspecified atom stereocenters. The molecule has 0 saturated carbocycles. The second kappa shape index (κ2) is 12.7. The third-order valence-corrected chi connectivity index (χ3v) is 12.8. The fourth-order valence-electron chi connectivity index (χ4n) is 8.81. The van der Waals surface area contributed by atoms with Gasteiger partial charge in [0, 0.05) is 37.1 Å². The smallest absolute Gasteiger partial charge is 0.319 e. The number of methoxy groups -OCH3 is 1. The van der Waals surface area contributed by atoms with E-state index in [1.54, 1.807) is 13.2 Å². The molecule has 2 aromatic heterocycles. The van der Waals surface area contributed by atoms with Gasteiger partial charge in [0.2, 0.25) is 0 Å². The van der Waals surface area contributed by atoms with Crippen molar-refractivity contribution in [2.24, 2.45) is 11.8 Å². The number of rotatable bonds is 7. The van der Waals surface area contributed by atoms with Crippen LogP contribution in [-0.4, -0.2) is 72.5 Å². The molecule has 0 spiro atoms. The van der Waals surface area contributed by atoms with Crippen LogP contribution < -0.4 is 14.4 Å². The lowest BCUT2D eigenvalue weighted by molar-refractivity contribution is 0.0544. The summed E-state index contributed by atoms with van der Waals surface area (Å²) in [6.07, 6.45) is 1.60. The largest absolute Gasteiger partial charge is 0.489 e. The molecule has 0 amide bonds. The third kappa shape index (κ3) is 5.20. The standard InChI is InChI=1S/C36H36ClF4N5O3S/c1-17-11-36(9-4-10-45(36)13-17)16-49-35-43-29-26-30(48-15-20-6-5-19(18(2)47-3)14-46(20)34(26)44-35)27(37)25(28(29)39)21-7-8-23(38)32-24(21)22(12-42)31(50-32)33(40)41/h7-8,17-20,33H,4-6,9-11,13-16H2,1-3H3/t17-,18?,19?,20?,36?/m1/s1. The number of hydrogen-bond acceptors (Lipinski definition) is 9. The molecule has 2 aromatic carbocycles. The summed E-state index contributed by atoms with van der Waals surface area (Å²) < 4.78 is 78.8. The van der Waals surface area contributed by atoms with Crippen LogP contribution in [0.4, 0.5) is 23.4 Å². The van der Waals surface area contributed by atoms with E-state index in [0.29, 0.717) is 36.2 Å². The van der Waals surface area contributed by atoms with Crippen molar-refractivity contribution >= 4 is 49.7 Å². The summed E-state index contributed by atoms with van der Waals surface area (Å²) in [6, 6.07) is 4.01. The quantitative estimate of drug-likeness (QED) is 0.175. The van der Waals surface area contributed by atoms with E-state index in [4.69, 9.17) is 30.8 Å². The zero-order chi connectivity index (χ0) is 35.1. The minimum atomic E-state index is -3.03. The molecule has 8 rings (SSSR count). The lowest BCUT2D eigenvalue weighted by Gasteiger charge is -2.41. The summed E-state index contributed by atoms with van der Waals surface area (Å²) in [6.45, 7) is 7.38. The van der Waals surface area contributed by atoms with E-state index in [1.807, 2.05) is 6.92 Å². The summed E-state index contributed by atoms with van der Waals surface area (Å²) in [5.41, 5.74) is -0.926. The van der Waals surface area contributed by atoms with Crippen molar-refractivity contribution in [1.82, 2.24) is 14.9 Å². The normalized spacial score (nSPS) is 25.4. The van der Waals surface area contributed by atoms with Gasteiger partial charge in [-0.05, 0) is 63.1 Å². The van der Waals surface area contributed by atoms with Gasteiger partial charge in [-0.3, -0.25) is 4.90 Å². The first-order valence-electron chi connectivity index (χ1n) is 17.0. The van der Waals surface area contributed by atoms with Crippen molar-refractivity contribution in [2.45, 2.75) is 70.1 Å². The van der Waals surface area contributed by atoms with Gasteiger partial charge in [0.25, 0.3) is 6.43 Å². The predicted octanol–water partition coefficient (Wildman–Crippen LogP) is 8.52. The zero-order valence-corrected chi connectivity index (χ0v) is 29.4. The molecule has 8 nitrogen and oxygen atoms in total. The Balaban J connectivity index is 1.34. The number of thiophene rings is 1. The highest BCUT2D eigenvalue weighted by Gasteiger charge is 2.48. The lowest BCUT2D eigenvalue weighted by Crippen LogP contribution is -2.48. The molecule has 0 radical (unpaired) electrons. The predicted molar refractivity (Wildman–Crippen MR) is 184 cm³/mol. The van der Waals surface area contributed by atoms with Crippen LogP contribution in [0, 0.1) is 34.8 Å². The van der Waals surface area contributed by atoms with Crippen molar-refractivity contribution in [3.05, 3.63) is 39.2 Å². The molecular weight excluding hydrogens is 694 g/mol. The number of piperidine rings is 1. The maximum Gasteiger partial charge on any atom is 0.319 e. The summed E-state index contributed by atoms with van der Waals surface area (Å²) in [4.78, 5) is 13.6. The number of ether oxygens (including phenoxy) is 3. The van der Waals surface area contributed by atoms with E-state index < -0.39 is 28.5 Å². The molecule has 3 saturated heterocycles. The third-order valence-electron chi connectivity index (χ3n) is 11.3. The van der Waals surface area contributed by atoms with Gasteiger partial charge in [-0.1, -0.05) is 24.6 Å². The van der Waals surface area contributed by atoms with Crippen LogP contribution in [-0.2, 0) is 4.74 Å². The van der Waals surface area contributed by atoms with Crippen LogP contribution in [0.25, 0.3) is 32.1 Å².